The van der Waals surface area contributed by atoms with Crippen LogP contribution in [0.25, 0.3) is 0 Å². The Bertz CT molecular complexity index is 648. The highest BCUT2D eigenvalue weighted by Gasteiger charge is 2.27. The molecule has 1 aromatic carbocycles. The van der Waals surface area contributed by atoms with Gasteiger partial charge in [0.05, 0.1) is 18.4 Å². The average Bonchev–Trinajstić information content (AvgIpc) is 3.16. The van der Waals surface area contributed by atoms with E-state index in [0.29, 0.717) is 11.5 Å². The number of carbonyl (C=O) groups excluding carboxylic acids is 1. The first-order valence-corrected chi connectivity index (χ1v) is 7.62. The van der Waals surface area contributed by atoms with Crippen LogP contribution in [0.4, 0.5) is 0 Å². The third kappa shape index (κ3) is 3.20. The summed E-state index contributed by atoms with van der Waals surface area (Å²) in [6, 6.07) is 8.06. The second kappa shape index (κ2) is 6.32. The minimum Gasteiger partial charge on any atom is -0.392 e. The zero-order chi connectivity index (χ0) is 15.5. The van der Waals surface area contributed by atoms with Crippen LogP contribution < -0.4 is 0 Å². The Morgan fingerprint density at radius 3 is 2.68 bits per heavy atom. The largest absolute Gasteiger partial charge is 0.392 e. The summed E-state index contributed by atoms with van der Waals surface area (Å²) < 4.78 is 1.66. The molecule has 1 aromatic heterocycles. The van der Waals surface area contributed by atoms with E-state index in [4.69, 9.17) is 5.11 Å². The van der Waals surface area contributed by atoms with Crippen molar-refractivity contribution in [2.75, 3.05) is 13.1 Å². The molecular weight excluding hydrogens is 278 g/mol. The van der Waals surface area contributed by atoms with Crippen LogP contribution in [0.3, 0.4) is 0 Å². The Hall–Kier alpha value is -2.14. The first kappa shape index (κ1) is 14.8. The van der Waals surface area contributed by atoms with Crippen molar-refractivity contribution in [3.05, 3.63) is 53.3 Å². The molecule has 0 bridgehead atoms. The highest BCUT2D eigenvalue weighted by atomic mass is 16.3. The number of benzene rings is 1. The smallest absolute Gasteiger partial charge is 0.257 e. The van der Waals surface area contributed by atoms with Crippen molar-refractivity contribution in [1.82, 2.24) is 14.7 Å². The number of nitrogens with zero attached hydrogens (tertiary/aromatic N) is 3. The predicted octanol–water partition coefficient (Wildman–Crippen LogP) is 1.62. The minimum absolute atomic E-state index is 0.0752. The first-order valence-electron chi connectivity index (χ1n) is 7.62. The van der Waals surface area contributed by atoms with E-state index in [-0.39, 0.29) is 12.5 Å². The van der Waals surface area contributed by atoms with E-state index in [0.717, 1.165) is 31.5 Å². The molecule has 1 saturated heterocycles. The minimum atomic E-state index is 0.0752. The molecule has 3 rings (SSSR count). The summed E-state index contributed by atoms with van der Waals surface area (Å²) in [5.41, 5.74) is 2.86. The average molecular weight is 299 g/mol. The Balaban J connectivity index is 1.58. The number of aryl methyl sites for hydroxylation is 1. The van der Waals surface area contributed by atoms with Gasteiger partial charge in [-0.3, -0.25) is 9.48 Å². The molecule has 1 amide bonds. The van der Waals surface area contributed by atoms with Crippen molar-refractivity contribution in [3.8, 4) is 0 Å². The van der Waals surface area contributed by atoms with Crippen molar-refractivity contribution in [2.45, 2.75) is 19.4 Å². The molecule has 5 nitrogen and oxygen atoms in total. The van der Waals surface area contributed by atoms with Crippen LogP contribution in [0.1, 0.15) is 27.9 Å². The normalized spacial score (nSPS) is 17.9. The van der Waals surface area contributed by atoms with E-state index < -0.39 is 0 Å². The van der Waals surface area contributed by atoms with Crippen molar-refractivity contribution < 1.29 is 9.90 Å². The van der Waals surface area contributed by atoms with Gasteiger partial charge < -0.3 is 10.0 Å². The van der Waals surface area contributed by atoms with Gasteiger partial charge in [-0.05, 0) is 29.9 Å². The van der Waals surface area contributed by atoms with Crippen LogP contribution in [-0.2, 0) is 20.1 Å². The van der Waals surface area contributed by atoms with Gasteiger partial charge in [0.25, 0.3) is 5.91 Å². The van der Waals surface area contributed by atoms with Gasteiger partial charge in [-0.1, -0.05) is 24.3 Å². The SMILES string of the molecule is Cn1cc(C(=O)N2CCC(Cc3ccc(CO)cc3)C2)cn1. The van der Waals surface area contributed by atoms with E-state index in [2.05, 4.69) is 17.2 Å². The highest BCUT2D eigenvalue weighted by molar-refractivity contribution is 5.93. The fraction of sp³-hybridized carbons (Fsp3) is 0.412. The number of amides is 1. The maximum Gasteiger partial charge on any atom is 0.257 e. The lowest BCUT2D eigenvalue weighted by Gasteiger charge is -2.15. The van der Waals surface area contributed by atoms with Crippen LogP contribution in [0.15, 0.2) is 36.7 Å². The molecule has 2 aromatic rings. The van der Waals surface area contributed by atoms with Crippen LogP contribution >= 0.6 is 0 Å². The third-order valence-electron chi connectivity index (χ3n) is 4.25. The van der Waals surface area contributed by atoms with Gasteiger partial charge in [-0.2, -0.15) is 5.10 Å². The van der Waals surface area contributed by atoms with E-state index in [1.54, 1.807) is 17.1 Å². The molecule has 116 valence electrons. The maximum atomic E-state index is 12.4. The number of likely N-dealkylation sites (tertiary alicyclic amines) is 1. The first-order chi connectivity index (χ1) is 10.7. The second-order valence-corrected chi connectivity index (χ2v) is 5.99. The summed E-state index contributed by atoms with van der Waals surface area (Å²) in [5.74, 6) is 0.576. The lowest BCUT2D eigenvalue weighted by molar-refractivity contribution is 0.0787. The van der Waals surface area contributed by atoms with Crippen LogP contribution in [-0.4, -0.2) is 38.8 Å². The molecule has 5 heteroatoms. The van der Waals surface area contributed by atoms with Gasteiger partial charge in [0, 0.05) is 26.3 Å². The van der Waals surface area contributed by atoms with Crippen molar-refractivity contribution in [2.24, 2.45) is 13.0 Å². The molecule has 1 atom stereocenters. The van der Waals surface area contributed by atoms with E-state index in [9.17, 15) is 4.79 Å². The Morgan fingerprint density at radius 2 is 2.05 bits per heavy atom. The predicted molar refractivity (Wildman–Crippen MR) is 83.3 cm³/mol. The summed E-state index contributed by atoms with van der Waals surface area (Å²) in [6.45, 7) is 1.69. The molecule has 2 heterocycles. The number of aliphatic hydroxyl groups is 1. The van der Waals surface area contributed by atoms with Gasteiger partial charge >= 0.3 is 0 Å². The zero-order valence-electron chi connectivity index (χ0n) is 12.8. The Labute approximate surface area is 130 Å². The summed E-state index contributed by atoms with van der Waals surface area (Å²) >= 11 is 0. The summed E-state index contributed by atoms with van der Waals surface area (Å²) in [6.07, 6.45) is 5.41. The molecule has 1 unspecified atom stereocenters. The van der Waals surface area contributed by atoms with Crippen molar-refractivity contribution in [1.29, 1.82) is 0 Å². The molecule has 0 radical (unpaired) electrons. The number of aromatic nitrogens is 2. The number of aliphatic hydroxyl groups excluding tert-OH is 1. The summed E-state index contributed by atoms with van der Waals surface area (Å²) in [7, 11) is 1.82. The number of hydrogen-bond acceptors (Lipinski definition) is 3. The van der Waals surface area contributed by atoms with Gasteiger partial charge in [0.2, 0.25) is 0 Å². The summed E-state index contributed by atoms with van der Waals surface area (Å²) in [5, 5.41) is 13.1. The van der Waals surface area contributed by atoms with Gasteiger partial charge in [0.1, 0.15) is 0 Å². The molecule has 1 aliphatic rings. The fourth-order valence-electron chi connectivity index (χ4n) is 3.01. The Morgan fingerprint density at radius 1 is 1.32 bits per heavy atom. The van der Waals surface area contributed by atoms with E-state index >= 15 is 0 Å². The maximum absolute atomic E-state index is 12.4. The topological polar surface area (TPSA) is 58.4 Å². The summed E-state index contributed by atoms with van der Waals surface area (Å²) in [4.78, 5) is 14.3. The van der Waals surface area contributed by atoms with Crippen LogP contribution in [0.2, 0.25) is 0 Å². The molecule has 1 fully saturated rings. The molecule has 0 saturated carbocycles. The van der Waals surface area contributed by atoms with E-state index in [1.807, 2.05) is 24.1 Å². The lowest BCUT2D eigenvalue weighted by Crippen LogP contribution is -2.28. The van der Waals surface area contributed by atoms with Crippen molar-refractivity contribution in [3.63, 3.8) is 0 Å². The molecule has 1 aliphatic heterocycles. The van der Waals surface area contributed by atoms with Crippen LogP contribution in [0.5, 0.6) is 0 Å². The van der Waals surface area contributed by atoms with Crippen molar-refractivity contribution >= 4 is 5.91 Å². The van der Waals surface area contributed by atoms with E-state index in [1.165, 1.54) is 5.56 Å². The molecule has 0 aliphatic carbocycles. The van der Waals surface area contributed by atoms with Gasteiger partial charge in [-0.15, -0.1) is 0 Å². The van der Waals surface area contributed by atoms with Gasteiger partial charge in [0.15, 0.2) is 0 Å². The molecule has 0 spiro atoms. The zero-order valence-corrected chi connectivity index (χ0v) is 12.8. The lowest BCUT2D eigenvalue weighted by atomic mass is 9.98. The number of hydrogen-bond donors (Lipinski definition) is 1. The molecular formula is C17H21N3O2. The molecule has 22 heavy (non-hydrogen) atoms. The standard InChI is InChI=1S/C17H21N3O2/c1-19-11-16(9-18-19)17(22)20-7-6-15(10-20)8-13-2-4-14(12-21)5-3-13/h2-5,9,11,15,21H,6-8,10,12H2,1H3. The fourth-order valence-corrected chi connectivity index (χ4v) is 3.01. The number of rotatable bonds is 4. The third-order valence-corrected chi connectivity index (χ3v) is 4.25. The number of carbonyl (C=O) groups is 1. The Kier molecular flexibility index (Phi) is 4.24. The highest BCUT2D eigenvalue weighted by Crippen LogP contribution is 2.22. The van der Waals surface area contributed by atoms with Crippen LogP contribution in [0, 0.1) is 5.92 Å². The second-order valence-electron chi connectivity index (χ2n) is 5.99. The van der Waals surface area contributed by atoms with Gasteiger partial charge in [-0.25, -0.2) is 0 Å². The quantitative estimate of drug-likeness (QED) is 0.933. The molecule has 1 N–H and O–H groups in total. The monoisotopic (exact) mass is 299 g/mol.